The molecule has 0 spiro atoms. The Morgan fingerprint density at radius 1 is 0.964 bits per heavy atom. The summed E-state index contributed by atoms with van der Waals surface area (Å²) in [5.41, 5.74) is 6.23. The van der Waals surface area contributed by atoms with Crippen molar-refractivity contribution in [1.29, 1.82) is 0 Å². The van der Waals surface area contributed by atoms with Crippen LogP contribution in [-0.2, 0) is 4.79 Å². The van der Waals surface area contributed by atoms with Crippen LogP contribution in [0.3, 0.4) is 0 Å². The lowest BCUT2D eigenvalue weighted by Crippen LogP contribution is -2.33. The van der Waals surface area contributed by atoms with Gasteiger partial charge in [0, 0.05) is 17.3 Å². The molecule has 2 aromatic carbocycles. The number of benzene rings is 2. The standard InChI is InChI=1S/C23H25N3O2/c1-14-9-10-15(2)19(13-14)20-11-12-21(27)26(25-20)18(5)23(28)24-22-16(3)7-6-8-17(22)4/h6-13,18H,1-5H3,(H,24,28)/t18-/m1/s1. The molecule has 0 unspecified atom stereocenters. The first kappa shape index (κ1) is 19.5. The first-order valence-corrected chi connectivity index (χ1v) is 9.32. The van der Waals surface area contributed by atoms with E-state index in [9.17, 15) is 9.59 Å². The summed E-state index contributed by atoms with van der Waals surface area (Å²) >= 11 is 0. The van der Waals surface area contributed by atoms with Gasteiger partial charge >= 0.3 is 0 Å². The molecule has 1 atom stereocenters. The molecule has 1 amide bonds. The quantitative estimate of drug-likeness (QED) is 0.738. The molecule has 0 radical (unpaired) electrons. The molecule has 1 aromatic heterocycles. The Morgan fingerprint density at radius 3 is 2.32 bits per heavy atom. The van der Waals surface area contributed by atoms with Crippen molar-refractivity contribution in [3.63, 3.8) is 0 Å². The predicted molar refractivity (Wildman–Crippen MR) is 113 cm³/mol. The van der Waals surface area contributed by atoms with Crippen LogP contribution >= 0.6 is 0 Å². The minimum absolute atomic E-state index is 0.273. The fourth-order valence-corrected chi connectivity index (χ4v) is 3.21. The van der Waals surface area contributed by atoms with E-state index in [-0.39, 0.29) is 11.5 Å². The summed E-state index contributed by atoms with van der Waals surface area (Å²) in [6, 6.07) is 14.4. The second-order valence-corrected chi connectivity index (χ2v) is 7.25. The average Bonchev–Trinajstić information content (AvgIpc) is 2.66. The van der Waals surface area contributed by atoms with Crippen LogP contribution in [0.5, 0.6) is 0 Å². The minimum atomic E-state index is -0.739. The maximum Gasteiger partial charge on any atom is 0.267 e. The summed E-state index contributed by atoms with van der Waals surface area (Å²) in [5, 5.41) is 7.44. The highest BCUT2D eigenvalue weighted by Gasteiger charge is 2.20. The molecule has 0 aliphatic rings. The molecular formula is C23H25N3O2. The van der Waals surface area contributed by atoms with Gasteiger partial charge in [0.05, 0.1) is 5.69 Å². The van der Waals surface area contributed by atoms with E-state index in [0.717, 1.165) is 33.5 Å². The Labute approximate surface area is 165 Å². The van der Waals surface area contributed by atoms with Crippen molar-refractivity contribution < 1.29 is 4.79 Å². The van der Waals surface area contributed by atoms with Gasteiger partial charge in [-0.15, -0.1) is 0 Å². The molecule has 0 saturated heterocycles. The fraction of sp³-hybridized carbons (Fsp3) is 0.261. The zero-order chi connectivity index (χ0) is 20.4. The third-order valence-electron chi connectivity index (χ3n) is 4.97. The minimum Gasteiger partial charge on any atom is -0.324 e. The highest BCUT2D eigenvalue weighted by Crippen LogP contribution is 2.23. The van der Waals surface area contributed by atoms with Crippen molar-refractivity contribution in [3.05, 3.63) is 81.1 Å². The number of nitrogens with one attached hydrogen (secondary N) is 1. The normalized spacial score (nSPS) is 11.9. The number of nitrogens with zero attached hydrogens (tertiary/aromatic N) is 2. The number of carbonyl (C=O) groups excluding carboxylic acids is 1. The number of para-hydroxylation sites is 1. The van der Waals surface area contributed by atoms with Crippen molar-refractivity contribution >= 4 is 11.6 Å². The third kappa shape index (κ3) is 3.88. The van der Waals surface area contributed by atoms with Crippen molar-refractivity contribution in [2.75, 3.05) is 5.32 Å². The number of anilines is 1. The second-order valence-electron chi connectivity index (χ2n) is 7.25. The van der Waals surface area contributed by atoms with E-state index < -0.39 is 6.04 Å². The summed E-state index contributed by atoms with van der Waals surface area (Å²) in [5.74, 6) is -0.273. The van der Waals surface area contributed by atoms with Crippen LogP contribution in [0.25, 0.3) is 11.3 Å². The molecule has 28 heavy (non-hydrogen) atoms. The Morgan fingerprint density at radius 2 is 1.64 bits per heavy atom. The zero-order valence-corrected chi connectivity index (χ0v) is 16.9. The number of aromatic nitrogens is 2. The van der Waals surface area contributed by atoms with Gasteiger partial charge in [0.25, 0.3) is 5.56 Å². The van der Waals surface area contributed by atoms with Crippen molar-refractivity contribution in [2.24, 2.45) is 0 Å². The molecule has 3 aromatic rings. The van der Waals surface area contributed by atoms with Gasteiger partial charge in [-0.2, -0.15) is 5.10 Å². The van der Waals surface area contributed by atoms with Gasteiger partial charge < -0.3 is 5.32 Å². The molecule has 1 N–H and O–H groups in total. The van der Waals surface area contributed by atoms with Crippen LogP contribution in [0, 0.1) is 27.7 Å². The van der Waals surface area contributed by atoms with E-state index in [4.69, 9.17) is 0 Å². The summed E-state index contributed by atoms with van der Waals surface area (Å²) in [4.78, 5) is 25.2. The third-order valence-corrected chi connectivity index (χ3v) is 4.97. The number of rotatable bonds is 4. The monoisotopic (exact) mass is 375 g/mol. The topological polar surface area (TPSA) is 64.0 Å². The molecule has 0 aliphatic heterocycles. The molecule has 1 heterocycles. The van der Waals surface area contributed by atoms with Gasteiger partial charge in [0.15, 0.2) is 0 Å². The van der Waals surface area contributed by atoms with Crippen molar-refractivity contribution in [1.82, 2.24) is 9.78 Å². The van der Waals surface area contributed by atoms with Gasteiger partial charge in [0.2, 0.25) is 5.91 Å². The number of hydrogen-bond donors (Lipinski definition) is 1. The van der Waals surface area contributed by atoms with Gasteiger partial charge in [-0.3, -0.25) is 9.59 Å². The molecule has 5 nitrogen and oxygen atoms in total. The average molecular weight is 375 g/mol. The molecule has 0 bridgehead atoms. The van der Waals surface area contributed by atoms with E-state index in [0.29, 0.717) is 5.69 Å². The van der Waals surface area contributed by atoms with Crippen LogP contribution in [-0.4, -0.2) is 15.7 Å². The number of aryl methyl sites for hydroxylation is 4. The van der Waals surface area contributed by atoms with Gasteiger partial charge in [-0.05, 0) is 63.4 Å². The fourth-order valence-electron chi connectivity index (χ4n) is 3.21. The summed E-state index contributed by atoms with van der Waals surface area (Å²) < 4.78 is 1.25. The SMILES string of the molecule is Cc1ccc(C)c(-c2ccc(=O)n([C@H](C)C(=O)Nc3c(C)cccc3C)n2)c1. The van der Waals surface area contributed by atoms with E-state index in [1.54, 1.807) is 13.0 Å². The number of carbonyl (C=O) groups is 1. The lowest BCUT2D eigenvalue weighted by Gasteiger charge is -2.17. The number of hydrogen-bond acceptors (Lipinski definition) is 3. The Balaban J connectivity index is 1.95. The van der Waals surface area contributed by atoms with E-state index in [1.165, 1.54) is 10.7 Å². The van der Waals surface area contributed by atoms with Gasteiger partial charge in [-0.1, -0.05) is 35.9 Å². The highest BCUT2D eigenvalue weighted by molar-refractivity contribution is 5.94. The van der Waals surface area contributed by atoms with E-state index in [2.05, 4.69) is 10.4 Å². The van der Waals surface area contributed by atoms with Crippen LogP contribution in [0.2, 0.25) is 0 Å². The second kappa shape index (κ2) is 7.80. The van der Waals surface area contributed by atoms with Crippen LogP contribution in [0.1, 0.15) is 35.2 Å². The van der Waals surface area contributed by atoms with Crippen molar-refractivity contribution in [3.8, 4) is 11.3 Å². The van der Waals surface area contributed by atoms with Crippen LogP contribution < -0.4 is 10.9 Å². The largest absolute Gasteiger partial charge is 0.324 e. The lowest BCUT2D eigenvalue weighted by molar-refractivity contribution is -0.119. The van der Waals surface area contributed by atoms with E-state index in [1.807, 2.05) is 64.1 Å². The molecule has 0 saturated carbocycles. The molecule has 0 fully saturated rings. The maximum atomic E-state index is 12.8. The Hall–Kier alpha value is -3.21. The van der Waals surface area contributed by atoms with Crippen molar-refractivity contribution in [2.45, 2.75) is 40.7 Å². The maximum absolute atomic E-state index is 12.8. The first-order valence-electron chi connectivity index (χ1n) is 9.32. The molecular weight excluding hydrogens is 350 g/mol. The lowest BCUT2D eigenvalue weighted by atomic mass is 10.0. The number of amides is 1. The summed E-state index contributed by atoms with van der Waals surface area (Å²) in [6.07, 6.45) is 0. The summed E-state index contributed by atoms with van der Waals surface area (Å²) in [7, 11) is 0. The first-order chi connectivity index (χ1) is 13.3. The highest BCUT2D eigenvalue weighted by atomic mass is 16.2. The van der Waals surface area contributed by atoms with Crippen LogP contribution in [0.15, 0.2) is 53.3 Å². The van der Waals surface area contributed by atoms with E-state index >= 15 is 0 Å². The smallest absolute Gasteiger partial charge is 0.267 e. The Bertz CT molecular complexity index is 1080. The Kier molecular flexibility index (Phi) is 5.45. The van der Waals surface area contributed by atoms with Gasteiger partial charge in [0.1, 0.15) is 6.04 Å². The molecule has 0 aliphatic carbocycles. The molecule has 3 rings (SSSR count). The zero-order valence-electron chi connectivity index (χ0n) is 16.9. The molecule has 5 heteroatoms. The molecule has 144 valence electrons. The summed E-state index contributed by atoms with van der Waals surface area (Å²) in [6.45, 7) is 9.59. The van der Waals surface area contributed by atoms with Crippen LogP contribution in [0.4, 0.5) is 5.69 Å². The van der Waals surface area contributed by atoms with Gasteiger partial charge in [-0.25, -0.2) is 4.68 Å². The predicted octanol–water partition coefficient (Wildman–Crippen LogP) is 4.34.